The molecule has 0 atom stereocenters. The summed E-state index contributed by atoms with van der Waals surface area (Å²) >= 11 is -0.556. The van der Waals surface area contributed by atoms with Crippen molar-refractivity contribution in [3.63, 3.8) is 0 Å². The van der Waals surface area contributed by atoms with Gasteiger partial charge in [-0.05, 0) is 23.0 Å². The molecule has 25 heavy (non-hydrogen) atoms. The fourth-order valence-electron chi connectivity index (χ4n) is 2.58. The van der Waals surface area contributed by atoms with E-state index < -0.39 is 17.0 Å². The molecule has 0 amide bonds. The number of halogens is 2. The van der Waals surface area contributed by atoms with E-state index >= 15 is 0 Å². The molecule has 0 saturated carbocycles. The summed E-state index contributed by atoms with van der Waals surface area (Å²) in [5, 5.41) is 12.6. The molecule has 0 saturated heterocycles. The maximum atomic E-state index is 9.93. The monoisotopic (exact) mass is 411 g/mol. The molecule has 0 heterocycles. The van der Waals surface area contributed by atoms with Gasteiger partial charge in [-0.1, -0.05) is 52.0 Å². The average Bonchev–Trinajstić information content (AvgIpc) is 3.04. The number of hydrogen-bond donors (Lipinski definition) is 1. The summed E-state index contributed by atoms with van der Waals surface area (Å²) < 4.78 is 0. The molecular weight excluding hydrogens is 387 g/mol. The molecule has 3 rings (SSSR count). The Morgan fingerprint density at radius 1 is 0.840 bits per heavy atom. The van der Waals surface area contributed by atoms with Crippen LogP contribution in [0.4, 0.5) is 0 Å². The maximum absolute atomic E-state index is 9.93. The summed E-state index contributed by atoms with van der Waals surface area (Å²) in [6, 6.07) is 20.7. The molecule has 0 aliphatic rings. The van der Waals surface area contributed by atoms with Crippen molar-refractivity contribution in [3.05, 3.63) is 71.8 Å². The number of benzene rings is 2. The first-order chi connectivity index (χ1) is 11.9. The third-order valence-corrected chi connectivity index (χ3v) is 3.89. The van der Waals surface area contributed by atoms with Crippen LogP contribution >= 0.6 is 18.6 Å². The van der Waals surface area contributed by atoms with Crippen LogP contribution in [0.15, 0.2) is 60.7 Å². The third kappa shape index (κ3) is 7.11. The number of hydrogen-bond acceptors (Lipinski definition) is 1. The Morgan fingerprint density at radius 3 is 1.84 bits per heavy atom. The largest absolute Gasteiger partial charge is 0.168 e. The number of rotatable bonds is 2. The van der Waals surface area contributed by atoms with Gasteiger partial charge in [-0.2, -0.15) is 17.5 Å². The van der Waals surface area contributed by atoms with Gasteiger partial charge in [-0.3, -0.25) is 0 Å². The van der Waals surface area contributed by atoms with E-state index in [1.54, 1.807) is 0 Å². The molecule has 0 aromatic heterocycles. The van der Waals surface area contributed by atoms with Gasteiger partial charge in [0.15, 0.2) is 0 Å². The molecule has 3 aromatic rings. The minimum Gasteiger partial charge on any atom is -0.168 e. The second-order valence-corrected chi connectivity index (χ2v) is 8.90. The molecule has 134 valence electrons. The summed E-state index contributed by atoms with van der Waals surface area (Å²) in [5.74, 6) is 1.25. The summed E-state index contributed by atoms with van der Waals surface area (Å²) in [4.78, 5) is 0. The Bertz CT molecular complexity index is 694. The minimum absolute atomic E-state index is 0.388. The van der Waals surface area contributed by atoms with E-state index in [9.17, 15) is 5.11 Å². The topological polar surface area (TPSA) is 20.2 Å². The minimum atomic E-state index is -0.556. The Morgan fingerprint density at radius 2 is 1.36 bits per heavy atom. The van der Waals surface area contributed by atoms with Crippen molar-refractivity contribution < 1.29 is 22.1 Å². The van der Waals surface area contributed by atoms with E-state index in [-0.39, 0.29) is 0 Å². The molecule has 4 heteroatoms. The normalized spacial score (nSPS) is 10.1. The van der Waals surface area contributed by atoms with Gasteiger partial charge in [0.2, 0.25) is 0 Å². The van der Waals surface area contributed by atoms with Crippen LogP contribution in [0.25, 0.3) is 10.8 Å². The van der Waals surface area contributed by atoms with Crippen LogP contribution in [-0.2, 0) is 17.0 Å². The SMILES string of the molecule is CC(C)c1cccc(C(C)C)c1O.[Cl][Ti][Cl].c1ccc2[cH-]ccc2c1. The van der Waals surface area contributed by atoms with Crippen molar-refractivity contribution >= 4 is 29.4 Å². The fourth-order valence-corrected chi connectivity index (χ4v) is 2.58. The van der Waals surface area contributed by atoms with E-state index in [4.69, 9.17) is 18.6 Å². The zero-order valence-electron chi connectivity index (χ0n) is 15.1. The molecule has 0 spiro atoms. The van der Waals surface area contributed by atoms with E-state index in [0.29, 0.717) is 17.6 Å². The molecule has 0 unspecified atom stereocenters. The molecule has 1 nitrogen and oxygen atoms in total. The molecule has 0 radical (unpaired) electrons. The number of phenolic OH excluding ortho intramolecular Hbond substituents is 1. The van der Waals surface area contributed by atoms with E-state index in [1.807, 2.05) is 18.2 Å². The van der Waals surface area contributed by atoms with Gasteiger partial charge in [-0.15, -0.1) is 29.7 Å². The van der Waals surface area contributed by atoms with Crippen LogP contribution in [0.3, 0.4) is 0 Å². The van der Waals surface area contributed by atoms with Gasteiger partial charge in [0.25, 0.3) is 0 Å². The fraction of sp³-hybridized carbons (Fsp3) is 0.286. The van der Waals surface area contributed by atoms with Gasteiger partial charge in [-0.25, -0.2) is 0 Å². The number of aromatic hydroxyl groups is 1. The number of fused-ring (bicyclic) bond motifs is 1. The smallest absolute Gasteiger partial charge is 0.0809 e. The molecular formula is C21H25Cl2OTi-. The third-order valence-electron chi connectivity index (χ3n) is 3.89. The molecule has 0 fully saturated rings. The zero-order chi connectivity index (χ0) is 18.8. The van der Waals surface area contributed by atoms with Crippen LogP contribution in [0.2, 0.25) is 0 Å². The quantitative estimate of drug-likeness (QED) is 0.340. The van der Waals surface area contributed by atoms with Crippen LogP contribution in [0.5, 0.6) is 5.75 Å². The predicted octanol–water partition coefficient (Wildman–Crippen LogP) is 7.57. The molecule has 0 aliphatic heterocycles. The number of para-hydroxylation sites is 1. The second-order valence-electron chi connectivity index (χ2n) is 6.32. The van der Waals surface area contributed by atoms with Crippen molar-refractivity contribution in [1.29, 1.82) is 0 Å². The van der Waals surface area contributed by atoms with Crippen LogP contribution in [-0.4, -0.2) is 5.11 Å². The van der Waals surface area contributed by atoms with E-state index in [1.165, 1.54) is 10.8 Å². The van der Waals surface area contributed by atoms with Crippen LogP contribution in [0.1, 0.15) is 50.7 Å². The molecule has 0 bridgehead atoms. The van der Waals surface area contributed by atoms with Gasteiger partial charge < -0.3 is 5.11 Å². The second kappa shape index (κ2) is 11.7. The van der Waals surface area contributed by atoms with Crippen molar-refractivity contribution in [2.45, 2.75) is 39.5 Å². The molecule has 3 aromatic carbocycles. The summed E-state index contributed by atoms with van der Waals surface area (Å²) in [5.41, 5.74) is 2.09. The Hall–Kier alpha value is -0.856. The first-order valence-corrected chi connectivity index (χ1v) is 12.6. The van der Waals surface area contributed by atoms with Gasteiger partial charge >= 0.3 is 35.6 Å². The zero-order valence-corrected chi connectivity index (χ0v) is 18.2. The Labute approximate surface area is 168 Å². The summed E-state index contributed by atoms with van der Waals surface area (Å²) in [6.07, 6.45) is 0. The molecule has 1 N–H and O–H groups in total. The van der Waals surface area contributed by atoms with E-state index in [0.717, 1.165) is 11.1 Å². The summed E-state index contributed by atoms with van der Waals surface area (Å²) in [7, 11) is 9.78. The first-order valence-electron chi connectivity index (χ1n) is 8.30. The van der Waals surface area contributed by atoms with Crippen LogP contribution < -0.4 is 0 Å². The predicted molar refractivity (Wildman–Crippen MR) is 108 cm³/mol. The summed E-state index contributed by atoms with van der Waals surface area (Å²) in [6.45, 7) is 8.39. The average molecular weight is 412 g/mol. The van der Waals surface area contributed by atoms with Gasteiger partial charge in [0, 0.05) is 0 Å². The Balaban J connectivity index is 0.000000225. The first kappa shape index (κ1) is 22.2. The van der Waals surface area contributed by atoms with Gasteiger partial charge in [0.1, 0.15) is 5.75 Å². The number of phenols is 1. The van der Waals surface area contributed by atoms with Crippen molar-refractivity contribution in [1.82, 2.24) is 0 Å². The van der Waals surface area contributed by atoms with E-state index in [2.05, 4.69) is 70.2 Å². The van der Waals surface area contributed by atoms with Crippen molar-refractivity contribution in [2.24, 2.45) is 0 Å². The van der Waals surface area contributed by atoms with Crippen LogP contribution in [0, 0.1) is 0 Å². The molecule has 0 aliphatic carbocycles. The van der Waals surface area contributed by atoms with Crippen molar-refractivity contribution in [3.8, 4) is 5.75 Å². The van der Waals surface area contributed by atoms with Gasteiger partial charge in [0.05, 0.1) is 0 Å². The maximum Gasteiger partial charge on any atom is -0.0809 e. The van der Waals surface area contributed by atoms with Crippen molar-refractivity contribution in [2.75, 3.05) is 0 Å². The Kier molecular flexibility index (Phi) is 10.4. The standard InChI is InChI=1S/C12H18O.C9H7.2ClH.Ti/c1-8(2)10-6-5-7-11(9(3)4)12(10)13;1-2-5-9-7-3-6-8(9)4-1;;;/h5-9,13H,1-4H3;1-7H;2*1H;/q;-1;;;+2/p-2.